The van der Waals surface area contributed by atoms with Gasteiger partial charge in [0, 0.05) is 31.0 Å². The number of carboxylic acids is 1. The molecule has 0 fully saturated rings. The quantitative estimate of drug-likeness (QED) is 0.378. The molecule has 1 rings (SSSR count). The molecule has 0 aliphatic carbocycles. The van der Waals surface area contributed by atoms with Crippen LogP contribution in [0.1, 0.15) is 72.1 Å². The van der Waals surface area contributed by atoms with Crippen molar-refractivity contribution in [2.75, 3.05) is 25.5 Å². The number of anilines is 1. The second kappa shape index (κ2) is 15.7. The van der Waals surface area contributed by atoms with Crippen molar-refractivity contribution in [2.24, 2.45) is 0 Å². The Bertz CT molecular complexity index is 632. The average molecular weight is 421 g/mol. The fraction of sp³-hybridized carbons (Fsp3) is 0.667. The van der Waals surface area contributed by atoms with E-state index in [0.29, 0.717) is 18.2 Å². The Morgan fingerprint density at radius 2 is 1.90 bits per heavy atom. The SMILES string of the molecule is C=C(C)NC(CCN(CCCCc1ccc(CC)c(NC)n1)C(C)C)C(=O)O.CC. The van der Waals surface area contributed by atoms with Gasteiger partial charge in [0.2, 0.25) is 0 Å². The van der Waals surface area contributed by atoms with Gasteiger partial charge in [-0.15, -0.1) is 0 Å². The molecular formula is C24H44N4O2. The van der Waals surface area contributed by atoms with Crippen LogP contribution in [0.4, 0.5) is 5.82 Å². The van der Waals surface area contributed by atoms with Crippen molar-refractivity contribution in [3.05, 3.63) is 35.7 Å². The van der Waals surface area contributed by atoms with Crippen molar-refractivity contribution in [1.82, 2.24) is 15.2 Å². The summed E-state index contributed by atoms with van der Waals surface area (Å²) in [5.41, 5.74) is 3.05. The van der Waals surface area contributed by atoms with Gasteiger partial charge in [-0.1, -0.05) is 33.4 Å². The lowest BCUT2D eigenvalue weighted by Gasteiger charge is -2.28. The van der Waals surface area contributed by atoms with Gasteiger partial charge >= 0.3 is 5.97 Å². The summed E-state index contributed by atoms with van der Waals surface area (Å²) < 4.78 is 0. The highest BCUT2D eigenvalue weighted by Gasteiger charge is 2.19. The van der Waals surface area contributed by atoms with Crippen LogP contribution in [0.15, 0.2) is 24.4 Å². The summed E-state index contributed by atoms with van der Waals surface area (Å²) in [7, 11) is 1.92. The van der Waals surface area contributed by atoms with Gasteiger partial charge in [-0.3, -0.25) is 0 Å². The Morgan fingerprint density at radius 1 is 1.23 bits per heavy atom. The zero-order valence-corrected chi connectivity index (χ0v) is 20.2. The number of allylic oxidation sites excluding steroid dienone is 1. The normalized spacial score (nSPS) is 11.6. The molecule has 0 amide bonds. The molecule has 1 aromatic rings. The zero-order valence-electron chi connectivity index (χ0n) is 20.2. The highest BCUT2D eigenvalue weighted by molar-refractivity contribution is 5.73. The van der Waals surface area contributed by atoms with E-state index in [4.69, 9.17) is 4.98 Å². The summed E-state index contributed by atoms with van der Waals surface area (Å²) in [5.74, 6) is 0.155. The van der Waals surface area contributed by atoms with E-state index in [1.54, 1.807) is 6.92 Å². The minimum absolute atomic E-state index is 0.386. The van der Waals surface area contributed by atoms with Crippen molar-refractivity contribution in [1.29, 1.82) is 0 Å². The maximum atomic E-state index is 11.4. The Hall–Kier alpha value is -2.08. The molecule has 6 heteroatoms. The lowest BCUT2D eigenvalue weighted by Crippen LogP contribution is -2.41. The fourth-order valence-electron chi connectivity index (χ4n) is 3.27. The van der Waals surface area contributed by atoms with Crippen LogP contribution in [0.5, 0.6) is 0 Å². The number of nitrogens with zero attached hydrogens (tertiary/aromatic N) is 2. The van der Waals surface area contributed by atoms with Crippen LogP contribution in [-0.2, 0) is 17.6 Å². The van der Waals surface area contributed by atoms with Crippen LogP contribution in [0.3, 0.4) is 0 Å². The van der Waals surface area contributed by atoms with E-state index in [2.05, 4.69) is 55.0 Å². The second-order valence-corrected chi connectivity index (χ2v) is 7.60. The zero-order chi connectivity index (χ0) is 23.1. The number of aryl methyl sites for hydroxylation is 2. The van der Waals surface area contributed by atoms with Crippen molar-refractivity contribution in [3.8, 4) is 0 Å². The summed E-state index contributed by atoms with van der Waals surface area (Å²) in [5, 5.41) is 15.5. The molecule has 6 nitrogen and oxygen atoms in total. The molecule has 0 radical (unpaired) electrons. The minimum Gasteiger partial charge on any atom is -0.480 e. The van der Waals surface area contributed by atoms with E-state index in [1.807, 2.05) is 20.9 Å². The van der Waals surface area contributed by atoms with Gasteiger partial charge in [-0.2, -0.15) is 0 Å². The van der Waals surface area contributed by atoms with Crippen LogP contribution in [0.2, 0.25) is 0 Å². The fourth-order valence-corrected chi connectivity index (χ4v) is 3.27. The third kappa shape index (κ3) is 10.6. The van der Waals surface area contributed by atoms with Gasteiger partial charge in [0.25, 0.3) is 0 Å². The molecule has 0 spiro atoms. The Labute approximate surface area is 184 Å². The first-order valence-corrected chi connectivity index (χ1v) is 11.3. The lowest BCUT2D eigenvalue weighted by atomic mass is 10.1. The number of nitrogens with one attached hydrogen (secondary N) is 2. The molecule has 1 unspecified atom stereocenters. The molecule has 0 aliphatic rings. The van der Waals surface area contributed by atoms with Gasteiger partial charge in [-0.25, -0.2) is 9.78 Å². The third-order valence-corrected chi connectivity index (χ3v) is 4.94. The monoisotopic (exact) mass is 420 g/mol. The number of pyridine rings is 1. The number of hydrogen-bond acceptors (Lipinski definition) is 5. The number of aliphatic carboxylic acids is 1. The summed E-state index contributed by atoms with van der Waals surface area (Å²) in [6, 6.07) is 4.09. The van der Waals surface area contributed by atoms with E-state index < -0.39 is 12.0 Å². The Kier molecular flexibility index (Phi) is 14.6. The van der Waals surface area contributed by atoms with Crippen molar-refractivity contribution in [2.45, 2.75) is 85.7 Å². The molecule has 1 heterocycles. The predicted octanol–water partition coefficient (Wildman–Crippen LogP) is 4.71. The number of aromatic nitrogens is 1. The van der Waals surface area contributed by atoms with E-state index >= 15 is 0 Å². The minimum atomic E-state index is -0.825. The molecule has 1 aromatic heterocycles. The first-order chi connectivity index (χ1) is 14.3. The van der Waals surface area contributed by atoms with E-state index in [1.165, 1.54) is 5.56 Å². The predicted molar refractivity (Wildman–Crippen MR) is 128 cm³/mol. The van der Waals surface area contributed by atoms with Gasteiger partial charge in [0.05, 0.1) is 0 Å². The Morgan fingerprint density at radius 3 is 2.40 bits per heavy atom. The van der Waals surface area contributed by atoms with Gasteiger partial charge < -0.3 is 20.6 Å². The molecule has 0 saturated heterocycles. The molecule has 30 heavy (non-hydrogen) atoms. The summed E-state index contributed by atoms with van der Waals surface area (Å²) in [4.78, 5) is 18.5. The van der Waals surface area contributed by atoms with Gasteiger partial charge in [0.15, 0.2) is 0 Å². The second-order valence-electron chi connectivity index (χ2n) is 7.60. The van der Waals surface area contributed by atoms with Crippen LogP contribution < -0.4 is 10.6 Å². The maximum absolute atomic E-state index is 11.4. The first-order valence-electron chi connectivity index (χ1n) is 11.3. The number of unbranched alkanes of at least 4 members (excludes halogenated alkanes) is 1. The van der Waals surface area contributed by atoms with E-state index in [0.717, 1.165) is 50.3 Å². The highest BCUT2D eigenvalue weighted by Crippen LogP contribution is 2.15. The number of carbonyl (C=O) groups is 1. The first kappa shape index (κ1) is 27.9. The van der Waals surface area contributed by atoms with Crippen molar-refractivity contribution in [3.63, 3.8) is 0 Å². The third-order valence-electron chi connectivity index (χ3n) is 4.94. The van der Waals surface area contributed by atoms with Crippen LogP contribution in [0.25, 0.3) is 0 Å². The van der Waals surface area contributed by atoms with E-state index in [9.17, 15) is 9.90 Å². The average Bonchev–Trinajstić information content (AvgIpc) is 2.72. The topological polar surface area (TPSA) is 77.5 Å². The molecule has 0 aliphatic heterocycles. The van der Waals surface area contributed by atoms with Crippen LogP contribution >= 0.6 is 0 Å². The molecule has 0 saturated carbocycles. The van der Waals surface area contributed by atoms with Crippen LogP contribution in [-0.4, -0.2) is 53.2 Å². The lowest BCUT2D eigenvalue weighted by molar-refractivity contribution is -0.139. The summed E-state index contributed by atoms with van der Waals surface area (Å²) in [6.45, 7) is 17.7. The highest BCUT2D eigenvalue weighted by atomic mass is 16.4. The number of carboxylic acid groups (broad SMARTS) is 1. The molecule has 172 valence electrons. The largest absolute Gasteiger partial charge is 0.480 e. The van der Waals surface area contributed by atoms with E-state index in [-0.39, 0.29) is 0 Å². The molecular weight excluding hydrogens is 376 g/mol. The number of hydrogen-bond donors (Lipinski definition) is 3. The molecule has 0 bridgehead atoms. The Balaban J connectivity index is 0.00000407. The summed E-state index contributed by atoms with van der Waals surface area (Å²) >= 11 is 0. The van der Waals surface area contributed by atoms with Crippen molar-refractivity contribution < 1.29 is 9.90 Å². The smallest absolute Gasteiger partial charge is 0.326 e. The maximum Gasteiger partial charge on any atom is 0.326 e. The molecule has 1 atom stereocenters. The van der Waals surface area contributed by atoms with Gasteiger partial charge in [0.1, 0.15) is 11.9 Å². The van der Waals surface area contributed by atoms with Gasteiger partial charge in [-0.05, 0) is 71.0 Å². The molecule has 0 aromatic carbocycles. The standard InChI is InChI=1S/C22H38N4O2.C2H6/c1-7-18-11-12-19(25-21(18)23-6)10-8-9-14-26(17(4)5)15-13-20(22(27)28)24-16(2)3;1-2/h11-12,17,20,24H,2,7-10,13-15H2,1,3-6H3,(H,23,25)(H,27,28);1-2H3. The summed E-state index contributed by atoms with van der Waals surface area (Å²) in [6.07, 6.45) is 4.63. The molecule has 3 N–H and O–H groups in total. The van der Waals surface area contributed by atoms with Crippen LogP contribution in [0, 0.1) is 0 Å². The van der Waals surface area contributed by atoms with Crippen molar-refractivity contribution >= 4 is 11.8 Å². The number of rotatable bonds is 14.